The zero-order valence-electron chi connectivity index (χ0n) is 13.3. The Morgan fingerprint density at radius 2 is 1.53 bits per heavy atom. The molecule has 1 unspecified atom stereocenters. The van der Waals surface area contributed by atoms with E-state index in [4.69, 9.17) is 10.5 Å². The standard InChI is InChI=1S/C16H33NO2/c1-5-8-11-15(12-9-6-2)16(17,13-10-7-3)19-14(4)18/h15H,5-13,17H2,1-4H3. The van der Waals surface area contributed by atoms with Crippen molar-refractivity contribution in [1.29, 1.82) is 0 Å². The van der Waals surface area contributed by atoms with Gasteiger partial charge in [-0.1, -0.05) is 52.9 Å². The summed E-state index contributed by atoms with van der Waals surface area (Å²) in [6.45, 7) is 7.98. The van der Waals surface area contributed by atoms with Crippen LogP contribution in [0.2, 0.25) is 0 Å². The summed E-state index contributed by atoms with van der Waals surface area (Å²) in [6.07, 6.45) is 9.61. The van der Waals surface area contributed by atoms with E-state index in [2.05, 4.69) is 20.8 Å². The van der Waals surface area contributed by atoms with Crippen LogP contribution in [0.5, 0.6) is 0 Å². The maximum atomic E-state index is 11.4. The molecule has 0 aliphatic carbocycles. The molecule has 3 heteroatoms. The number of ether oxygens (including phenoxy) is 1. The summed E-state index contributed by atoms with van der Waals surface area (Å²) in [4.78, 5) is 11.4. The molecule has 0 heterocycles. The lowest BCUT2D eigenvalue weighted by Crippen LogP contribution is -2.50. The Kier molecular flexibility index (Phi) is 9.94. The molecule has 0 saturated carbocycles. The maximum absolute atomic E-state index is 11.4. The smallest absolute Gasteiger partial charge is 0.304 e. The Hall–Kier alpha value is -0.570. The van der Waals surface area contributed by atoms with Crippen molar-refractivity contribution < 1.29 is 9.53 Å². The summed E-state index contributed by atoms with van der Waals surface area (Å²) in [5.41, 5.74) is 5.71. The van der Waals surface area contributed by atoms with Crippen molar-refractivity contribution in [3.05, 3.63) is 0 Å². The molecule has 3 nitrogen and oxygen atoms in total. The SMILES string of the molecule is CCCCC(CCCC)C(N)(CCCC)OC(C)=O. The van der Waals surface area contributed by atoms with E-state index in [-0.39, 0.29) is 5.97 Å². The van der Waals surface area contributed by atoms with Crippen LogP contribution in [0.3, 0.4) is 0 Å². The van der Waals surface area contributed by atoms with E-state index in [1.165, 1.54) is 6.92 Å². The van der Waals surface area contributed by atoms with Crippen LogP contribution in [0.25, 0.3) is 0 Å². The number of hydrogen-bond acceptors (Lipinski definition) is 3. The van der Waals surface area contributed by atoms with Gasteiger partial charge in [0.1, 0.15) is 0 Å². The minimum absolute atomic E-state index is 0.253. The average Bonchev–Trinajstić information content (AvgIpc) is 2.35. The number of nitrogens with two attached hydrogens (primary N) is 1. The first kappa shape index (κ1) is 18.4. The Bertz CT molecular complexity index is 235. The van der Waals surface area contributed by atoms with Crippen LogP contribution in [-0.2, 0) is 9.53 Å². The van der Waals surface area contributed by atoms with Crippen molar-refractivity contribution in [2.24, 2.45) is 11.7 Å². The van der Waals surface area contributed by atoms with Crippen molar-refractivity contribution >= 4 is 5.97 Å². The summed E-state index contributed by atoms with van der Waals surface area (Å²) in [7, 11) is 0. The van der Waals surface area contributed by atoms with Gasteiger partial charge in [0.05, 0.1) is 0 Å². The van der Waals surface area contributed by atoms with Crippen molar-refractivity contribution in [2.75, 3.05) is 0 Å². The van der Waals surface area contributed by atoms with Crippen molar-refractivity contribution in [1.82, 2.24) is 0 Å². The molecule has 0 rings (SSSR count). The van der Waals surface area contributed by atoms with E-state index in [0.717, 1.165) is 57.8 Å². The van der Waals surface area contributed by atoms with Crippen LogP contribution >= 0.6 is 0 Å². The van der Waals surface area contributed by atoms with Gasteiger partial charge in [-0.15, -0.1) is 0 Å². The maximum Gasteiger partial charge on any atom is 0.304 e. The molecule has 0 fully saturated rings. The van der Waals surface area contributed by atoms with Gasteiger partial charge in [0, 0.05) is 19.3 Å². The fourth-order valence-electron chi connectivity index (χ4n) is 2.59. The molecule has 0 aromatic rings. The van der Waals surface area contributed by atoms with Crippen molar-refractivity contribution in [2.45, 2.75) is 91.2 Å². The second-order valence-electron chi connectivity index (χ2n) is 5.63. The highest BCUT2D eigenvalue weighted by molar-refractivity contribution is 5.66. The fraction of sp³-hybridized carbons (Fsp3) is 0.938. The molecular formula is C16H33NO2. The molecule has 2 N–H and O–H groups in total. The van der Waals surface area contributed by atoms with Crippen LogP contribution < -0.4 is 5.73 Å². The van der Waals surface area contributed by atoms with E-state index in [1.54, 1.807) is 0 Å². The molecular weight excluding hydrogens is 238 g/mol. The Morgan fingerprint density at radius 3 is 1.89 bits per heavy atom. The molecule has 0 aliphatic heterocycles. The summed E-state index contributed by atoms with van der Waals surface area (Å²) in [5.74, 6) is 0.0412. The monoisotopic (exact) mass is 271 g/mol. The second-order valence-corrected chi connectivity index (χ2v) is 5.63. The third kappa shape index (κ3) is 7.56. The number of rotatable bonds is 11. The zero-order valence-corrected chi connectivity index (χ0v) is 13.3. The molecule has 0 saturated heterocycles. The van der Waals surface area contributed by atoms with E-state index in [1.807, 2.05) is 0 Å². The van der Waals surface area contributed by atoms with E-state index >= 15 is 0 Å². The highest BCUT2D eigenvalue weighted by atomic mass is 16.6. The summed E-state index contributed by atoms with van der Waals surface area (Å²) in [5, 5.41) is 0. The normalized spacial score (nSPS) is 14.4. The number of carbonyl (C=O) groups excluding carboxylic acids is 1. The van der Waals surface area contributed by atoms with Crippen LogP contribution in [0.1, 0.15) is 85.5 Å². The predicted octanol–water partition coefficient (Wildman–Crippen LogP) is 4.39. The largest absolute Gasteiger partial charge is 0.444 e. The number of hydrogen-bond donors (Lipinski definition) is 1. The minimum atomic E-state index is -0.758. The third-order valence-corrected chi connectivity index (χ3v) is 3.76. The van der Waals surface area contributed by atoms with Gasteiger partial charge >= 0.3 is 5.97 Å². The third-order valence-electron chi connectivity index (χ3n) is 3.76. The van der Waals surface area contributed by atoms with Crippen molar-refractivity contribution in [3.63, 3.8) is 0 Å². The van der Waals surface area contributed by atoms with Gasteiger partial charge in [0.2, 0.25) is 0 Å². The Balaban J connectivity index is 4.79. The van der Waals surface area contributed by atoms with Gasteiger partial charge in [-0.3, -0.25) is 10.5 Å². The van der Waals surface area contributed by atoms with Gasteiger partial charge in [-0.2, -0.15) is 0 Å². The quantitative estimate of drug-likeness (QED) is 0.448. The fourth-order valence-corrected chi connectivity index (χ4v) is 2.59. The van der Waals surface area contributed by atoms with E-state index < -0.39 is 5.72 Å². The van der Waals surface area contributed by atoms with Gasteiger partial charge in [-0.05, 0) is 19.3 Å². The van der Waals surface area contributed by atoms with Crippen molar-refractivity contribution in [3.8, 4) is 0 Å². The average molecular weight is 271 g/mol. The molecule has 0 amide bonds. The number of unbranched alkanes of at least 4 members (excludes halogenated alkanes) is 3. The molecule has 0 radical (unpaired) electrons. The lowest BCUT2D eigenvalue weighted by Gasteiger charge is -2.37. The van der Waals surface area contributed by atoms with Gasteiger partial charge in [0.25, 0.3) is 0 Å². The topological polar surface area (TPSA) is 52.3 Å². The molecule has 1 atom stereocenters. The first-order chi connectivity index (χ1) is 9.00. The summed E-state index contributed by atoms with van der Waals surface area (Å²) in [6, 6.07) is 0. The number of carbonyl (C=O) groups is 1. The molecule has 0 bridgehead atoms. The molecule has 19 heavy (non-hydrogen) atoms. The highest BCUT2D eigenvalue weighted by Crippen LogP contribution is 2.31. The molecule has 0 aliphatic rings. The van der Waals surface area contributed by atoms with Crippen LogP contribution in [-0.4, -0.2) is 11.7 Å². The molecule has 114 valence electrons. The molecule has 0 spiro atoms. The van der Waals surface area contributed by atoms with Crippen LogP contribution in [0, 0.1) is 5.92 Å². The lowest BCUT2D eigenvalue weighted by atomic mass is 9.83. The first-order valence-corrected chi connectivity index (χ1v) is 7.98. The van der Waals surface area contributed by atoms with Crippen LogP contribution in [0.15, 0.2) is 0 Å². The zero-order chi connectivity index (χ0) is 14.7. The highest BCUT2D eigenvalue weighted by Gasteiger charge is 2.36. The molecule has 0 aromatic carbocycles. The Morgan fingerprint density at radius 1 is 1.05 bits per heavy atom. The minimum Gasteiger partial charge on any atom is -0.444 e. The predicted molar refractivity (Wildman–Crippen MR) is 80.7 cm³/mol. The first-order valence-electron chi connectivity index (χ1n) is 7.98. The van der Waals surface area contributed by atoms with E-state index in [9.17, 15) is 4.79 Å². The summed E-state index contributed by atoms with van der Waals surface area (Å²) >= 11 is 0. The van der Waals surface area contributed by atoms with Gasteiger partial charge in [0.15, 0.2) is 5.72 Å². The summed E-state index contributed by atoms with van der Waals surface area (Å²) < 4.78 is 5.54. The second kappa shape index (κ2) is 10.2. The number of esters is 1. The van der Waals surface area contributed by atoms with Gasteiger partial charge in [-0.25, -0.2) is 0 Å². The molecule has 0 aromatic heterocycles. The van der Waals surface area contributed by atoms with Gasteiger partial charge < -0.3 is 4.74 Å². The lowest BCUT2D eigenvalue weighted by molar-refractivity contribution is -0.165. The van der Waals surface area contributed by atoms with E-state index in [0.29, 0.717) is 5.92 Å². The van der Waals surface area contributed by atoms with Crippen LogP contribution in [0.4, 0.5) is 0 Å². The Labute approximate surface area is 119 Å².